The van der Waals surface area contributed by atoms with Gasteiger partial charge in [0.15, 0.2) is 0 Å². The number of aromatic hydroxyl groups is 1. The summed E-state index contributed by atoms with van der Waals surface area (Å²) < 4.78 is 5.97. The summed E-state index contributed by atoms with van der Waals surface area (Å²) in [6.45, 7) is 4.22. The Hall–Kier alpha value is -1.49. The van der Waals surface area contributed by atoms with E-state index in [0.29, 0.717) is 12.8 Å². The Morgan fingerprint density at radius 3 is 2.36 bits per heavy atom. The summed E-state index contributed by atoms with van der Waals surface area (Å²) in [7, 11) is 4.29. The van der Waals surface area contributed by atoms with E-state index >= 15 is 0 Å². The van der Waals surface area contributed by atoms with Crippen molar-refractivity contribution < 1.29 is 20.1 Å². The van der Waals surface area contributed by atoms with Crippen molar-refractivity contribution >= 4 is 14.5 Å². The number of nitrogens with two attached hydrogens (primary N) is 1. The molecule has 1 fully saturated rings. The van der Waals surface area contributed by atoms with Crippen LogP contribution in [0.5, 0.6) is 5.75 Å². The molecule has 5 nitrogen and oxygen atoms in total. The van der Waals surface area contributed by atoms with E-state index in [9.17, 15) is 15.3 Å². The molecule has 4 atom stereocenters. The summed E-state index contributed by atoms with van der Waals surface area (Å²) in [5.74, 6) is 0.254. The van der Waals surface area contributed by atoms with Gasteiger partial charge >= 0.3 is 0 Å². The maximum atomic E-state index is 10.1. The fourth-order valence-corrected chi connectivity index (χ4v) is 4.21. The van der Waals surface area contributed by atoms with E-state index in [1.54, 1.807) is 12.1 Å². The van der Waals surface area contributed by atoms with Crippen molar-refractivity contribution in [3.63, 3.8) is 0 Å². The molecule has 1 aliphatic heterocycles. The second kappa shape index (κ2) is 9.82. The first-order valence-corrected chi connectivity index (χ1v) is 10.1. The summed E-state index contributed by atoms with van der Waals surface area (Å²) >= 11 is 0. The lowest BCUT2D eigenvalue weighted by atomic mass is 9.77. The zero-order valence-electron chi connectivity index (χ0n) is 16.8. The van der Waals surface area contributed by atoms with Crippen molar-refractivity contribution in [1.29, 1.82) is 0 Å². The van der Waals surface area contributed by atoms with Gasteiger partial charge in [-0.3, -0.25) is 0 Å². The number of benzene rings is 2. The quantitative estimate of drug-likeness (QED) is 0.586. The molecule has 0 radical (unpaired) electrons. The van der Waals surface area contributed by atoms with Crippen molar-refractivity contribution in [2.75, 3.05) is 13.7 Å². The lowest BCUT2D eigenvalue weighted by molar-refractivity contribution is -0.113. The molecule has 1 saturated heterocycles. The molecule has 0 bridgehead atoms. The van der Waals surface area contributed by atoms with Gasteiger partial charge in [-0.2, -0.15) is 0 Å². The van der Waals surface area contributed by atoms with Gasteiger partial charge in [-0.1, -0.05) is 44.2 Å². The van der Waals surface area contributed by atoms with E-state index < -0.39 is 6.10 Å². The maximum Gasteiger partial charge on any atom is 0.115 e. The highest BCUT2D eigenvalue weighted by atomic mass is 31.0. The Balaban J connectivity index is 0.00000136. The predicted molar refractivity (Wildman–Crippen MR) is 116 cm³/mol. The van der Waals surface area contributed by atoms with Gasteiger partial charge in [-0.05, 0) is 41.2 Å². The monoisotopic (exact) mass is 405 g/mol. The van der Waals surface area contributed by atoms with Crippen molar-refractivity contribution in [3.05, 3.63) is 59.2 Å². The van der Waals surface area contributed by atoms with Crippen LogP contribution >= 0.6 is 9.24 Å². The zero-order chi connectivity index (χ0) is 20.9. The topological polar surface area (TPSA) is 95.9 Å². The zero-order valence-corrected chi connectivity index (χ0v) is 18.0. The van der Waals surface area contributed by atoms with Gasteiger partial charge < -0.3 is 25.8 Å². The first kappa shape index (κ1) is 22.8. The smallest absolute Gasteiger partial charge is 0.115 e. The van der Waals surface area contributed by atoms with Gasteiger partial charge in [-0.15, -0.1) is 9.24 Å². The summed E-state index contributed by atoms with van der Waals surface area (Å²) in [5.41, 5.74) is 7.50. The molecule has 1 aliphatic rings. The molecule has 4 unspecified atom stereocenters. The van der Waals surface area contributed by atoms with Gasteiger partial charge in [0.2, 0.25) is 0 Å². The Bertz CT molecular complexity index is 764. The summed E-state index contributed by atoms with van der Waals surface area (Å²) in [5, 5.41) is 30.2. The molecular formula is C22H32NO4P. The number of phenols is 1. The molecular weight excluding hydrogens is 373 g/mol. The van der Waals surface area contributed by atoms with Crippen LogP contribution in [0.1, 0.15) is 49.5 Å². The number of aliphatic hydroxyl groups is 2. The highest BCUT2D eigenvalue weighted by Gasteiger charge is 2.31. The molecule has 0 aliphatic carbocycles. The molecule has 0 amide bonds. The molecule has 0 spiro atoms. The molecule has 3 rings (SSSR count). The van der Waals surface area contributed by atoms with E-state index in [1.165, 1.54) is 7.05 Å². The van der Waals surface area contributed by atoms with E-state index in [4.69, 9.17) is 4.74 Å². The minimum atomic E-state index is -0.463. The van der Waals surface area contributed by atoms with Crippen LogP contribution in [0.4, 0.5) is 0 Å². The average molecular weight is 405 g/mol. The molecule has 6 heteroatoms. The van der Waals surface area contributed by atoms with Crippen LogP contribution in [0.3, 0.4) is 0 Å². The highest BCUT2D eigenvalue weighted by Crippen LogP contribution is 2.36. The first-order chi connectivity index (χ1) is 13.3. The number of rotatable bonds is 4. The van der Waals surface area contributed by atoms with Gasteiger partial charge in [0, 0.05) is 18.3 Å². The van der Waals surface area contributed by atoms with Crippen molar-refractivity contribution in [2.24, 2.45) is 5.73 Å². The predicted octanol–water partition coefficient (Wildman–Crippen LogP) is 2.37. The third kappa shape index (κ3) is 5.11. The van der Waals surface area contributed by atoms with Crippen LogP contribution in [-0.4, -0.2) is 41.2 Å². The molecule has 0 aromatic heterocycles. The third-order valence-electron chi connectivity index (χ3n) is 5.29. The second-order valence-corrected chi connectivity index (χ2v) is 8.20. The Morgan fingerprint density at radius 1 is 1.11 bits per heavy atom. The standard InChI is InChI=1S/C21H27O4P.CH5N/c1-21(2,14-4-6-15(23)7-5-14)18-9-13(3-8-20(18)26)19-11-16(24)10-17(12-22)25-19;1-2/h3-9,16-17,19,22-24H,10-12,26H2,1-2H3;2H2,1H3. The SMILES string of the molecule is CC(C)(c1ccc(O)cc1)c1cc(C2CC(O)CC(CO)O2)ccc1P.CN. The first-order valence-electron chi connectivity index (χ1n) is 9.52. The minimum absolute atomic E-state index is 0.0822. The average Bonchev–Trinajstić information content (AvgIpc) is 2.69. The molecule has 154 valence electrons. The molecule has 2 aromatic rings. The second-order valence-electron chi connectivity index (χ2n) is 7.57. The maximum absolute atomic E-state index is 10.1. The molecule has 5 N–H and O–H groups in total. The van der Waals surface area contributed by atoms with E-state index in [1.807, 2.05) is 18.2 Å². The number of ether oxygens (including phenoxy) is 1. The summed E-state index contributed by atoms with van der Waals surface area (Å²) in [4.78, 5) is 0. The minimum Gasteiger partial charge on any atom is -0.508 e. The number of phenolic OH excluding ortho intramolecular Hbond substituents is 1. The fraction of sp³-hybridized carbons (Fsp3) is 0.455. The van der Waals surface area contributed by atoms with Crippen molar-refractivity contribution in [2.45, 2.75) is 50.4 Å². The number of hydrogen-bond donors (Lipinski definition) is 4. The Kier molecular flexibility index (Phi) is 7.99. The molecule has 2 aromatic carbocycles. The van der Waals surface area contributed by atoms with Crippen LogP contribution in [0, 0.1) is 0 Å². The lowest BCUT2D eigenvalue weighted by Gasteiger charge is -2.34. The van der Waals surface area contributed by atoms with Gasteiger partial charge in [-0.25, -0.2) is 0 Å². The van der Waals surface area contributed by atoms with Crippen LogP contribution < -0.4 is 11.0 Å². The largest absolute Gasteiger partial charge is 0.508 e. The Morgan fingerprint density at radius 2 is 1.75 bits per heavy atom. The van der Waals surface area contributed by atoms with Gasteiger partial charge in [0.25, 0.3) is 0 Å². The highest BCUT2D eigenvalue weighted by molar-refractivity contribution is 7.27. The van der Waals surface area contributed by atoms with Crippen LogP contribution in [0.25, 0.3) is 0 Å². The lowest BCUT2D eigenvalue weighted by Crippen LogP contribution is -2.34. The van der Waals surface area contributed by atoms with Crippen molar-refractivity contribution in [3.8, 4) is 5.75 Å². The molecule has 1 heterocycles. The Labute approximate surface area is 169 Å². The van der Waals surface area contributed by atoms with E-state index in [0.717, 1.165) is 22.0 Å². The van der Waals surface area contributed by atoms with Crippen LogP contribution in [0.15, 0.2) is 42.5 Å². The van der Waals surface area contributed by atoms with Gasteiger partial charge in [0.1, 0.15) is 5.75 Å². The normalized spacial score (nSPS) is 22.3. The fourth-order valence-electron chi connectivity index (χ4n) is 3.67. The van der Waals surface area contributed by atoms with Crippen molar-refractivity contribution in [1.82, 2.24) is 0 Å². The van der Waals surface area contributed by atoms with Gasteiger partial charge in [0.05, 0.1) is 24.9 Å². The summed E-state index contributed by atoms with van der Waals surface area (Å²) in [6, 6.07) is 13.5. The van der Waals surface area contributed by atoms with E-state index in [-0.39, 0.29) is 30.0 Å². The third-order valence-corrected chi connectivity index (χ3v) is 5.80. The molecule has 28 heavy (non-hydrogen) atoms. The number of aliphatic hydroxyl groups excluding tert-OH is 2. The van der Waals surface area contributed by atoms with Crippen LogP contribution in [-0.2, 0) is 10.2 Å². The molecule has 0 saturated carbocycles. The number of hydrogen-bond acceptors (Lipinski definition) is 5. The summed E-state index contributed by atoms with van der Waals surface area (Å²) in [6.07, 6.45) is -0.00852. The van der Waals surface area contributed by atoms with Crippen LogP contribution in [0.2, 0.25) is 0 Å². The van der Waals surface area contributed by atoms with E-state index in [2.05, 4.69) is 41.0 Å².